The lowest BCUT2D eigenvalue weighted by Gasteiger charge is -2.22. The number of anilines is 1. The maximum absolute atomic E-state index is 5.74. The first-order valence-electron chi connectivity index (χ1n) is 5.30. The minimum atomic E-state index is 0.646. The fourth-order valence-electron chi connectivity index (χ4n) is 2.22. The molecule has 0 saturated carbocycles. The van der Waals surface area contributed by atoms with Gasteiger partial charge in [-0.15, -0.1) is 0 Å². The van der Waals surface area contributed by atoms with Crippen LogP contribution in [0.5, 0.6) is 0 Å². The molecular weight excluding hydrogens is 172 g/mol. The zero-order valence-electron chi connectivity index (χ0n) is 8.74. The summed E-state index contributed by atoms with van der Waals surface area (Å²) in [7, 11) is 2.16. The number of benzene rings is 1. The summed E-state index contributed by atoms with van der Waals surface area (Å²) in [6.07, 6.45) is 2.39. The Hall–Kier alpha value is -1.02. The number of hydrogen-bond donors (Lipinski definition) is 1. The van der Waals surface area contributed by atoms with Gasteiger partial charge in [-0.3, -0.25) is 0 Å². The molecule has 2 N–H and O–H groups in total. The molecule has 0 aromatic heterocycles. The molecule has 2 nitrogen and oxygen atoms in total. The van der Waals surface area contributed by atoms with Crippen molar-refractivity contribution < 1.29 is 0 Å². The molecule has 0 amide bonds. The van der Waals surface area contributed by atoms with E-state index in [-0.39, 0.29) is 0 Å². The van der Waals surface area contributed by atoms with Crippen LogP contribution in [0.4, 0.5) is 5.69 Å². The van der Waals surface area contributed by atoms with E-state index in [9.17, 15) is 0 Å². The molecule has 76 valence electrons. The fourth-order valence-corrected chi connectivity index (χ4v) is 2.22. The van der Waals surface area contributed by atoms with E-state index in [1.165, 1.54) is 24.1 Å². The molecule has 1 aliphatic heterocycles. The number of nitrogens with two attached hydrogens (primary N) is 1. The van der Waals surface area contributed by atoms with Crippen LogP contribution in [0.25, 0.3) is 0 Å². The van der Waals surface area contributed by atoms with Gasteiger partial charge in [-0.2, -0.15) is 0 Å². The smallest absolute Gasteiger partial charge is 0.0396 e. The molecule has 0 fully saturated rings. The molecule has 0 spiro atoms. The van der Waals surface area contributed by atoms with Crippen molar-refractivity contribution in [3.05, 3.63) is 29.8 Å². The number of para-hydroxylation sites is 1. The van der Waals surface area contributed by atoms with Gasteiger partial charge in [-0.25, -0.2) is 0 Å². The number of hydrogen-bond acceptors (Lipinski definition) is 2. The third-order valence-corrected chi connectivity index (χ3v) is 3.09. The van der Waals surface area contributed by atoms with Gasteiger partial charge in [0, 0.05) is 19.3 Å². The van der Waals surface area contributed by atoms with Crippen molar-refractivity contribution in [3.8, 4) is 0 Å². The van der Waals surface area contributed by atoms with Crippen molar-refractivity contribution in [2.75, 3.05) is 25.0 Å². The van der Waals surface area contributed by atoms with Crippen molar-refractivity contribution in [2.24, 2.45) is 11.7 Å². The highest BCUT2D eigenvalue weighted by Gasteiger charge is 2.17. The molecule has 0 radical (unpaired) electrons. The van der Waals surface area contributed by atoms with Crippen molar-refractivity contribution in [2.45, 2.75) is 12.8 Å². The highest BCUT2D eigenvalue weighted by Crippen LogP contribution is 2.26. The molecule has 0 saturated heterocycles. The molecule has 1 aromatic rings. The Bertz CT molecular complexity index is 309. The summed E-state index contributed by atoms with van der Waals surface area (Å²) in [5, 5.41) is 0. The van der Waals surface area contributed by atoms with Crippen molar-refractivity contribution in [1.82, 2.24) is 0 Å². The van der Waals surface area contributed by atoms with Crippen LogP contribution < -0.4 is 10.6 Å². The Balaban J connectivity index is 2.26. The van der Waals surface area contributed by atoms with E-state index in [0.29, 0.717) is 5.92 Å². The van der Waals surface area contributed by atoms with E-state index in [4.69, 9.17) is 5.73 Å². The van der Waals surface area contributed by atoms with Gasteiger partial charge in [0.05, 0.1) is 0 Å². The Morgan fingerprint density at radius 3 is 3.00 bits per heavy atom. The Morgan fingerprint density at radius 2 is 2.21 bits per heavy atom. The van der Waals surface area contributed by atoms with E-state index in [1.54, 1.807) is 0 Å². The first-order chi connectivity index (χ1) is 6.81. The van der Waals surface area contributed by atoms with Crippen LogP contribution in [0.15, 0.2) is 24.3 Å². The minimum Gasteiger partial charge on any atom is -0.374 e. The minimum absolute atomic E-state index is 0.646. The molecule has 1 atom stereocenters. The van der Waals surface area contributed by atoms with Crippen molar-refractivity contribution >= 4 is 5.69 Å². The van der Waals surface area contributed by atoms with Crippen LogP contribution in [0.2, 0.25) is 0 Å². The maximum atomic E-state index is 5.74. The lowest BCUT2D eigenvalue weighted by Crippen LogP contribution is -2.28. The molecule has 1 aliphatic rings. The lowest BCUT2D eigenvalue weighted by atomic mass is 10.0. The summed E-state index contributed by atoms with van der Waals surface area (Å²) < 4.78 is 0. The zero-order chi connectivity index (χ0) is 9.97. The zero-order valence-corrected chi connectivity index (χ0v) is 8.74. The molecule has 0 bridgehead atoms. The second kappa shape index (κ2) is 4.01. The second-order valence-corrected chi connectivity index (χ2v) is 4.15. The molecule has 0 aliphatic carbocycles. The fraction of sp³-hybridized carbons (Fsp3) is 0.500. The van der Waals surface area contributed by atoms with Crippen molar-refractivity contribution in [3.63, 3.8) is 0 Å². The molecule has 1 heterocycles. The Labute approximate surface area is 85.7 Å². The van der Waals surface area contributed by atoms with Crippen LogP contribution in [0.3, 0.4) is 0 Å². The van der Waals surface area contributed by atoms with Crippen LogP contribution in [0, 0.1) is 5.92 Å². The largest absolute Gasteiger partial charge is 0.374 e. The van der Waals surface area contributed by atoms with E-state index < -0.39 is 0 Å². The van der Waals surface area contributed by atoms with Gasteiger partial charge in [-0.05, 0) is 36.9 Å². The summed E-state index contributed by atoms with van der Waals surface area (Å²) in [5.74, 6) is 0.646. The lowest BCUT2D eigenvalue weighted by molar-refractivity contribution is 0.510. The van der Waals surface area contributed by atoms with E-state index in [0.717, 1.165) is 13.1 Å². The van der Waals surface area contributed by atoms with E-state index in [2.05, 4.69) is 36.2 Å². The molecule has 1 unspecified atom stereocenters. The topological polar surface area (TPSA) is 29.3 Å². The van der Waals surface area contributed by atoms with Crippen molar-refractivity contribution in [1.29, 1.82) is 0 Å². The molecule has 14 heavy (non-hydrogen) atoms. The summed E-state index contributed by atoms with van der Waals surface area (Å²) in [6, 6.07) is 8.66. The molecule has 2 heteroatoms. The van der Waals surface area contributed by atoms with Gasteiger partial charge >= 0.3 is 0 Å². The quantitative estimate of drug-likeness (QED) is 0.729. The molecule has 1 aromatic carbocycles. The van der Waals surface area contributed by atoms with Crippen LogP contribution in [-0.2, 0) is 6.42 Å². The maximum Gasteiger partial charge on any atom is 0.0396 e. The Morgan fingerprint density at radius 1 is 1.43 bits per heavy atom. The molecule has 2 rings (SSSR count). The highest BCUT2D eigenvalue weighted by molar-refractivity contribution is 5.53. The van der Waals surface area contributed by atoms with Gasteiger partial charge < -0.3 is 10.6 Å². The highest BCUT2D eigenvalue weighted by atomic mass is 15.1. The third kappa shape index (κ3) is 1.75. The summed E-state index contributed by atoms with van der Waals surface area (Å²) >= 11 is 0. The number of rotatable bonds is 1. The van der Waals surface area contributed by atoms with E-state index >= 15 is 0 Å². The third-order valence-electron chi connectivity index (χ3n) is 3.09. The number of nitrogens with zero attached hydrogens (tertiary/aromatic N) is 1. The van der Waals surface area contributed by atoms with Crippen LogP contribution in [0.1, 0.15) is 12.0 Å². The summed E-state index contributed by atoms with van der Waals surface area (Å²) in [5.41, 5.74) is 8.59. The van der Waals surface area contributed by atoms with Gasteiger partial charge in [0.1, 0.15) is 0 Å². The van der Waals surface area contributed by atoms with E-state index in [1.807, 2.05) is 0 Å². The SMILES string of the molecule is CN1CC(CN)CCc2ccccc21. The summed E-state index contributed by atoms with van der Waals surface area (Å²) in [6.45, 7) is 1.89. The predicted octanol–water partition coefficient (Wildman–Crippen LogP) is 1.64. The second-order valence-electron chi connectivity index (χ2n) is 4.15. The molecular formula is C12H18N2. The predicted molar refractivity (Wildman–Crippen MR) is 60.6 cm³/mol. The van der Waals surface area contributed by atoms with Crippen LogP contribution in [-0.4, -0.2) is 20.1 Å². The number of aryl methyl sites for hydroxylation is 1. The van der Waals surface area contributed by atoms with Crippen LogP contribution >= 0.6 is 0 Å². The van der Waals surface area contributed by atoms with Gasteiger partial charge in [0.2, 0.25) is 0 Å². The first kappa shape index (κ1) is 9.53. The number of fused-ring (bicyclic) bond motifs is 1. The monoisotopic (exact) mass is 190 g/mol. The normalized spacial score (nSPS) is 21.6. The van der Waals surface area contributed by atoms with Gasteiger partial charge in [0.15, 0.2) is 0 Å². The average molecular weight is 190 g/mol. The average Bonchev–Trinajstić information content (AvgIpc) is 2.39. The van der Waals surface area contributed by atoms with Gasteiger partial charge in [0.25, 0.3) is 0 Å². The Kier molecular flexibility index (Phi) is 2.73. The first-order valence-corrected chi connectivity index (χ1v) is 5.30. The summed E-state index contributed by atoms with van der Waals surface area (Å²) in [4.78, 5) is 2.33. The van der Waals surface area contributed by atoms with Gasteiger partial charge in [-0.1, -0.05) is 18.2 Å². The standard InChI is InChI=1S/C12H18N2/c1-14-9-10(8-13)6-7-11-4-2-3-5-12(11)14/h2-5,10H,6-9,13H2,1H3.